The van der Waals surface area contributed by atoms with Gasteiger partial charge in [-0.1, -0.05) is 42.0 Å². The summed E-state index contributed by atoms with van der Waals surface area (Å²) in [4.78, 5) is 0. The van der Waals surface area contributed by atoms with Gasteiger partial charge in [-0.25, -0.2) is 0 Å². The van der Waals surface area contributed by atoms with Crippen molar-refractivity contribution in [1.82, 2.24) is 0 Å². The Kier molecular flexibility index (Phi) is 5.50. The summed E-state index contributed by atoms with van der Waals surface area (Å²) in [7, 11) is 1.68. The molecule has 2 rings (SSSR count). The van der Waals surface area contributed by atoms with Crippen LogP contribution in [0.2, 0.25) is 0 Å². The maximum Gasteiger partial charge on any atom is 0.119 e. The predicted molar refractivity (Wildman–Crippen MR) is 87.3 cm³/mol. The number of hydrogen-bond donors (Lipinski definition) is 1. The highest BCUT2D eigenvalue weighted by Gasteiger charge is 2.07. The number of methoxy groups -OCH3 is 1. The molecule has 0 aromatic heterocycles. The predicted octanol–water partition coefficient (Wildman–Crippen LogP) is 3.94. The molecule has 2 N–H and O–H groups in total. The smallest absolute Gasteiger partial charge is 0.119 e. The van der Waals surface area contributed by atoms with E-state index in [1.165, 1.54) is 11.1 Å². The van der Waals surface area contributed by atoms with E-state index in [2.05, 4.69) is 37.3 Å². The second-order valence-electron chi connectivity index (χ2n) is 4.89. The highest BCUT2D eigenvalue weighted by atomic mass is 32.2. The summed E-state index contributed by atoms with van der Waals surface area (Å²) in [5.74, 6) is 2.77. The highest BCUT2D eigenvalue weighted by molar-refractivity contribution is 7.98. The van der Waals surface area contributed by atoms with E-state index in [1.807, 2.05) is 30.0 Å². The zero-order valence-electron chi connectivity index (χ0n) is 12.0. The van der Waals surface area contributed by atoms with Gasteiger partial charge in [-0.3, -0.25) is 0 Å². The summed E-state index contributed by atoms with van der Waals surface area (Å²) < 4.78 is 5.23. The Morgan fingerprint density at radius 1 is 1.15 bits per heavy atom. The molecule has 106 valence electrons. The van der Waals surface area contributed by atoms with Crippen molar-refractivity contribution in [1.29, 1.82) is 0 Å². The molecular weight excluding hydrogens is 266 g/mol. The molecule has 1 atom stereocenters. The van der Waals surface area contributed by atoms with Gasteiger partial charge in [-0.05, 0) is 30.2 Å². The van der Waals surface area contributed by atoms with E-state index in [0.29, 0.717) is 0 Å². The summed E-state index contributed by atoms with van der Waals surface area (Å²) in [5, 5.41) is 0. The SMILES string of the molecule is COc1cccc(C(N)CSCc2cccc(C)c2)c1. The summed E-state index contributed by atoms with van der Waals surface area (Å²) >= 11 is 1.87. The molecular formula is C17H21NOS. The van der Waals surface area contributed by atoms with E-state index in [-0.39, 0.29) is 6.04 Å². The van der Waals surface area contributed by atoms with Crippen molar-refractivity contribution in [2.45, 2.75) is 18.7 Å². The van der Waals surface area contributed by atoms with Gasteiger partial charge in [0.25, 0.3) is 0 Å². The standard InChI is InChI=1S/C17H21NOS/c1-13-5-3-6-14(9-13)11-20-12-17(18)15-7-4-8-16(10-15)19-2/h3-10,17H,11-12,18H2,1-2H3. The first kappa shape index (κ1) is 14.9. The summed E-state index contributed by atoms with van der Waals surface area (Å²) in [6.45, 7) is 2.12. The fraction of sp³-hybridized carbons (Fsp3) is 0.294. The van der Waals surface area contributed by atoms with Crippen molar-refractivity contribution < 1.29 is 4.74 Å². The maximum atomic E-state index is 6.24. The Bertz CT molecular complexity index is 556. The molecule has 0 aliphatic heterocycles. The van der Waals surface area contributed by atoms with Gasteiger partial charge >= 0.3 is 0 Å². The summed E-state index contributed by atoms with van der Waals surface area (Å²) in [5.41, 5.74) is 10.0. The second-order valence-corrected chi connectivity index (χ2v) is 5.92. The van der Waals surface area contributed by atoms with Gasteiger partial charge in [0.1, 0.15) is 5.75 Å². The molecule has 0 aliphatic rings. The first-order valence-corrected chi connectivity index (χ1v) is 7.87. The zero-order chi connectivity index (χ0) is 14.4. The highest BCUT2D eigenvalue weighted by Crippen LogP contribution is 2.22. The van der Waals surface area contributed by atoms with Crippen LogP contribution in [-0.2, 0) is 5.75 Å². The topological polar surface area (TPSA) is 35.2 Å². The van der Waals surface area contributed by atoms with Crippen molar-refractivity contribution in [3.63, 3.8) is 0 Å². The van der Waals surface area contributed by atoms with Crippen LogP contribution in [0, 0.1) is 6.92 Å². The number of benzene rings is 2. The molecule has 0 heterocycles. The Morgan fingerprint density at radius 3 is 2.70 bits per heavy atom. The lowest BCUT2D eigenvalue weighted by molar-refractivity contribution is 0.414. The fourth-order valence-electron chi connectivity index (χ4n) is 2.07. The van der Waals surface area contributed by atoms with Gasteiger partial charge in [0, 0.05) is 17.5 Å². The van der Waals surface area contributed by atoms with Crippen molar-refractivity contribution >= 4 is 11.8 Å². The summed E-state index contributed by atoms with van der Waals surface area (Å²) in [6.07, 6.45) is 0. The Labute approximate surface area is 125 Å². The average Bonchev–Trinajstić information content (AvgIpc) is 2.47. The lowest BCUT2D eigenvalue weighted by Gasteiger charge is -2.13. The Morgan fingerprint density at radius 2 is 1.95 bits per heavy atom. The number of aryl methyl sites for hydroxylation is 1. The van der Waals surface area contributed by atoms with Gasteiger partial charge in [-0.2, -0.15) is 11.8 Å². The van der Waals surface area contributed by atoms with Crippen molar-refractivity contribution in [2.24, 2.45) is 5.73 Å². The minimum atomic E-state index is 0.0416. The minimum Gasteiger partial charge on any atom is -0.497 e. The molecule has 0 saturated heterocycles. The van der Waals surface area contributed by atoms with Crippen LogP contribution in [-0.4, -0.2) is 12.9 Å². The van der Waals surface area contributed by atoms with Gasteiger partial charge in [0.05, 0.1) is 7.11 Å². The van der Waals surface area contributed by atoms with Gasteiger partial charge < -0.3 is 10.5 Å². The summed E-state index contributed by atoms with van der Waals surface area (Å²) in [6, 6.07) is 16.7. The van der Waals surface area contributed by atoms with Crippen LogP contribution >= 0.6 is 11.8 Å². The number of nitrogens with two attached hydrogens (primary N) is 1. The molecule has 0 fully saturated rings. The van der Waals surface area contributed by atoms with E-state index in [4.69, 9.17) is 10.5 Å². The monoisotopic (exact) mass is 287 g/mol. The van der Waals surface area contributed by atoms with E-state index < -0.39 is 0 Å². The molecule has 0 spiro atoms. The van der Waals surface area contributed by atoms with Crippen LogP contribution in [0.3, 0.4) is 0 Å². The third kappa shape index (κ3) is 4.29. The first-order valence-electron chi connectivity index (χ1n) is 6.72. The van der Waals surface area contributed by atoms with Gasteiger partial charge in [0.15, 0.2) is 0 Å². The molecule has 2 aromatic rings. The van der Waals surface area contributed by atoms with Crippen LogP contribution < -0.4 is 10.5 Å². The van der Waals surface area contributed by atoms with Crippen LogP contribution in [0.4, 0.5) is 0 Å². The largest absolute Gasteiger partial charge is 0.497 e. The van der Waals surface area contributed by atoms with Crippen molar-refractivity contribution in [3.05, 3.63) is 65.2 Å². The minimum absolute atomic E-state index is 0.0416. The second kappa shape index (κ2) is 7.36. The molecule has 2 nitrogen and oxygen atoms in total. The van der Waals surface area contributed by atoms with E-state index >= 15 is 0 Å². The van der Waals surface area contributed by atoms with Gasteiger partial charge in [-0.15, -0.1) is 0 Å². The van der Waals surface area contributed by atoms with Crippen LogP contribution in [0.5, 0.6) is 5.75 Å². The lowest BCUT2D eigenvalue weighted by Crippen LogP contribution is -2.13. The molecule has 0 bridgehead atoms. The third-order valence-electron chi connectivity index (χ3n) is 3.17. The molecule has 0 radical (unpaired) electrons. The molecule has 0 aliphatic carbocycles. The van der Waals surface area contributed by atoms with Crippen molar-refractivity contribution in [2.75, 3.05) is 12.9 Å². The molecule has 20 heavy (non-hydrogen) atoms. The number of thioether (sulfide) groups is 1. The van der Waals surface area contributed by atoms with Crippen molar-refractivity contribution in [3.8, 4) is 5.75 Å². The molecule has 1 unspecified atom stereocenters. The maximum absolute atomic E-state index is 6.24. The number of hydrogen-bond acceptors (Lipinski definition) is 3. The Balaban J connectivity index is 1.87. The van der Waals surface area contributed by atoms with E-state index in [9.17, 15) is 0 Å². The van der Waals surface area contributed by atoms with E-state index in [1.54, 1.807) is 7.11 Å². The fourth-order valence-corrected chi connectivity index (χ4v) is 3.05. The van der Waals surface area contributed by atoms with Gasteiger partial charge in [0.2, 0.25) is 0 Å². The first-order chi connectivity index (χ1) is 9.69. The van der Waals surface area contributed by atoms with Crippen LogP contribution in [0.25, 0.3) is 0 Å². The quantitative estimate of drug-likeness (QED) is 0.874. The molecule has 3 heteroatoms. The third-order valence-corrected chi connectivity index (χ3v) is 4.30. The molecule has 0 saturated carbocycles. The molecule has 0 amide bonds. The number of ether oxygens (including phenoxy) is 1. The lowest BCUT2D eigenvalue weighted by atomic mass is 10.1. The zero-order valence-corrected chi connectivity index (χ0v) is 12.8. The normalized spacial score (nSPS) is 12.2. The van der Waals surface area contributed by atoms with Crippen LogP contribution in [0.1, 0.15) is 22.7 Å². The average molecular weight is 287 g/mol. The Hall–Kier alpha value is -1.45. The molecule has 2 aromatic carbocycles. The number of rotatable bonds is 6. The van der Waals surface area contributed by atoms with E-state index in [0.717, 1.165) is 22.8 Å². The van der Waals surface area contributed by atoms with Crippen LogP contribution in [0.15, 0.2) is 48.5 Å².